The van der Waals surface area contributed by atoms with Crippen molar-refractivity contribution in [2.45, 2.75) is 357 Å². The summed E-state index contributed by atoms with van der Waals surface area (Å²) in [5, 5.41) is 87.3. The maximum absolute atomic E-state index is 13.3. The van der Waals surface area contributed by atoms with Crippen LogP contribution in [0.2, 0.25) is 0 Å². The second-order valence-corrected chi connectivity index (χ2v) is 24.0. The molecule has 2 aliphatic rings. The third-order valence-electron chi connectivity index (χ3n) is 16.5. The fourth-order valence-electron chi connectivity index (χ4n) is 11.1. The normalized spacial score (nSPS) is 24.2. The van der Waals surface area contributed by atoms with Crippen molar-refractivity contribution in [3.05, 3.63) is 48.6 Å². The van der Waals surface area contributed by atoms with Crippen molar-refractivity contribution < 1.29 is 64.6 Å². The lowest BCUT2D eigenvalue weighted by molar-refractivity contribution is -0.359. The van der Waals surface area contributed by atoms with E-state index in [1.807, 2.05) is 6.08 Å². The Kier molecular flexibility index (Phi) is 49.3. The summed E-state index contributed by atoms with van der Waals surface area (Å²) in [6.45, 7) is 2.79. The highest BCUT2D eigenvalue weighted by Gasteiger charge is 2.51. The highest BCUT2D eigenvalue weighted by atomic mass is 16.7. The van der Waals surface area contributed by atoms with Crippen molar-refractivity contribution in [3.63, 3.8) is 0 Å². The van der Waals surface area contributed by atoms with Gasteiger partial charge in [-0.25, -0.2) is 0 Å². The number of aliphatic hydroxyl groups is 8. The van der Waals surface area contributed by atoms with E-state index in [1.54, 1.807) is 6.08 Å². The first-order valence-corrected chi connectivity index (χ1v) is 33.9. The molecule has 0 aliphatic carbocycles. The van der Waals surface area contributed by atoms with Crippen LogP contribution in [0.5, 0.6) is 0 Å². The largest absolute Gasteiger partial charge is 0.394 e. The number of nitrogens with one attached hydrogen (secondary N) is 1. The first kappa shape index (κ1) is 76.0. The Morgan fingerprint density at radius 2 is 0.805 bits per heavy atom. The summed E-state index contributed by atoms with van der Waals surface area (Å²) in [6.07, 6.45) is 51.6. The highest BCUT2D eigenvalue weighted by molar-refractivity contribution is 5.76. The van der Waals surface area contributed by atoms with Gasteiger partial charge in [-0.15, -0.1) is 0 Å². The van der Waals surface area contributed by atoms with Gasteiger partial charge in [-0.2, -0.15) is 0 Å². The van der Waals surface area contributed by atoms with E-state index in [1.165, 1.54) is 186 Å². The molecule has 2 saturated heterocycles. The third kappa shape index (κ3) is 37.5. The Bertz CT molecular complexity index is 1560. The van der Waals surface area contributed by atoms with Crippen LogP contribution in [0.1, 0.15) is 284 Å². The summed E-state index contributed by atoms with van der Waals surface area (Å²) >= 11 is 0. The maximum atomic E-state index is 13.3. The average molecular weight is 1160 g/mol. The smallest absolute Gasteiger partial charge is 0.220 e. The molecule has 14 nitrogen and oxygen atoms in total. The molecule has 0 radical (unpaired) electrons. The molecule has 9 N–H and O–H groups in total. The van der Waals surface area contributed by atoms with Gasteiger partial charge >= 0.3 is 0 Å². The van der Waals surface area contributed by atoms with Crippen LogP contribution >= 0.6 is 0 Å². The lowest BCUT2D eigenvalue weighted by atomic mass is 9.97. The molecule has 2 fully saturated rings. The quantitative estimate of drug-likeness (QED) is 0.0204. The molecule has 0 aromatic heterocycles. The Morgan fingerprint density at radius 3 is 1.26 bits per heavy atom. The summed E-state index contributed by atoms with van der Waals surface area (Å²) in [4.78, 5) is 13.3. The van der Waals surface area contributed by atoms with Crippen LogP contribution in [-0.2, 0) is 23.7 Å². The molecule has 0 spiro atoms. The number of amides is 1. The van der Waals surface area contributed by atoms with Crippen LogP contribution in [0.25, 0.3) is 0 Å². The second kappa shape index (κ2) is 53.2. The van der Waals surface area contributed by atoms with E-state index in [2.05, 4.69) is 55.6 Å². The second-order valence-electron chi connectivity index (χ2n) is 24.0. The van der Waals surface area contributed by atoms with Gasteiger partial charge in [0.25, 0.3) is 0 Å². The van der Waals surface area contributed by atoms with Crippen LogP contribution in [0.3, 0.4) is 0 Å². The summed E-state index contributed by atoms with van der Waals surface area (Å²) < 4.78 is 22.8. The summed E-state index contributed by atoms with van der Waals surface area (Å²) in [5.41, 5.74) is 0. The number of allylic oxidation sites excluding steroid dienone is 7. The molecule has 82 heavy (non-hydrogen) atoms. The van der Waals surface area contributed by atoms with Crippen LogP contribution < -0.4 is 5.32 Å². The minimum absolute atomic E-state index is 0.250. The Balaban J connectivity index is 1.70. The molecule has 0 saturated carbocycles. The topological polar surface area (TPSA) is 228 Å². The van der Waals surface area contributed by atoms with E-state index in [0.717, 1.165) is 70.6 Å². The highest BCUT2D eigenvalue weighted by Crippen LogP contribution is 2.30. The lowest BCUT2D eigenvalue weighted by Crippen LogP contribution is -2.65. The van der Waals surface area contributed by atoms with Crippen molar-refractivity contribution in [1.29, 1.82) is 0 Å². The summed E-state index contributed by atoms with van der Waals surface area (Å²) in [7, 11) is 0. The monoisotopic (exact) mass is 1160 g/mol. The molecular formula is C68H125NO13. The number of ether oxygens (including phenoxy) is 4. The number of carbonyl (C=O) groups excluding carboxylic acids is 1. The van der Waals surface area contributed by atoms with E-state index in [4.69, 9.17) is 18.9 Å². The van der Waals surface area contributed by atoms with E-state index in [0.29, 0.717) is 6.42 Å². The van der Waals surface area contributed by atoms with Gasteiger partial charge in [0.2, 0.25) is 5.91 Å². The zero-order valence-electron chi connectivity index (χ0n) is 52.0. The van der Waals surface area contributed by atoms with Crippen molar-refractivity contribution in [1.82, 2.24) is 5.32 Å². The molecule has 12 atom stereocenters. The Labute approximate surface area is 499 Å². The van der Waals surface area contributed by atoms with Crippen molar-refractivity contribution >= 4 is 5.91 Å². The fourth-order valence-corrected chi connectivity index (χ4v) is 11.1. The molecule has 12 unspecified atom stereocenters. The van der Waals surface area contributed by atoms with Gasteiger partial charge in [-0.3, -0.25) is 4.79 Å². The molecule has 14 heteroatoms. The standard InChI is InChI=1S/C68H125NO13/c1-3-5-7-9-11-13-15-17-19-21-23-24-25-26-27-28-29-30-31-32-34-35-37-39-41-43-45-47-49-51-57(72)56(69-60(73)52-50-48-46-44-42-40-38-36-33-22-20-18-16-14-12-10-8-6-4-2)55-79-67-65(78)63(76)66(59(54-71)81-67)82-68-64(77)62(75)61(74)58(53-70)80-68/h12,14,18,20,33,36,49,51,56-59,61-68,70-72,74-78H,3-11,13,15-17,19,21-32,34-35,37-48,50,52-55H2,1-2H3,(H,69,73)/b14-12-,20-18-,36-33-,51-49+. The summed E-state index contributed by atoms with van der Waals surface area (Å²) in [6, 6.07) is -0.924. The molecule has 2 rings (SSSR count). The van der Waals surface area contributed by atoms with Gasteiger partial charge < -0.3 is 65.1 Å². The van der Waals surface area contributed by atoms with Crippen LogP contribution in [0.4, 0.5) is 0 Å². The molecule has 2 heterocycles. The molecule has 0 aromatic rings. The van der Waals surface area contributed by atoms with Gasteiger partial charge in [0, 0.05) is 6.42 Å². The number of rotatable bonds is 55. The maximum Gasteiger partial charge on any atom is 0.220 e. The molecule has 0 aromatic carbocycles. The Morgan fingerprint density at radius 1 is 0.439 bits per heavy atom. The minimum atomic E-state index is -1.79. The lowest BCUT2D eigenvalue weighted by Gasteiger charge is -2.46. The van der Waals surface area contributed by atoms with Gasteiger partial charge in [0.1, 0.15) is 48.8 Å². The molecule has 1 amide bonds. The van der Waals surface area contributed by atoms with Gasteiger partial charge in [-0.1, -0.05) is 268 Å². The van der Waals surface area contributed by atoms with Gasteiger partial charge in [0.15, 0.2) is 12.6 Å². The number of unbranched alkanes of at least 4 members (excludes halogenated alkanes) is 36. The number of hydrogen-bond donors (Lipinski definition) is 9. The molecular weight excluding hydrogens is 1040 g/mol. The molecule has 2 aliphatic heterocycles. The first-order valence-electron chi connectivity index (χ1n) is 33.9. The third-order valence-corrected chi connectivity index (χ3v) is 16.5. The SMILES string of the molecule is CCCCC/C=C\C/C=C\C/C=C\CCCCCCCCC(=O)NC(COC1OC(CO)C(OC2OC(CO)C(O)C(O)C2O)C(O)C1O)C(O)/C=C/CCCCCCCCCCCCCCCCCCCCCCCCCCCCC. The average Bonchev–Trinajstić information content (AvgIpc) is 3.67. The number of aliphatic hydroxyl groups excluding tert-OH is 8. The number of hydrogen-bond acceptors (Lipinski definition) is 13. The zero-order chi connectivity index (χ0) is 59.5. The van der Waals surface area contributed by atoms with Crippen molar-refractivity contribution in [2.75, 3.05) is 19.8 Å². The van der Waals surface area contributed by atoms with Crippen LogP contribution in [-0.4, -0.2) is 140 Å². The van der Waals surface area contributed by atoms with Gasteiger partial charge in [-0.05, 0) is 57.8 Å². The van der Waals surface area contributed by atoms with Crippen molar-refractivity contribution in [2.24, 2.45) is 0 Å². The Hall–Kier alpha value is -2.05. The van der Waals surface area contributed by atoms with E-state index in [-0.39, 0.29) is 18.9 Å². The summed E-state index contributed by atoms with van der Waals surface area (Å²) in [5.74, 6) is -0.250. The fraction of sp³-hybridized carbons (Fsp3) is 0.868. The number of carbonyl (C=O) groups is 1. The molecule has 0 bridgehead atoms. The van der Waals surface area contributed by atoms with E-state index in [9.17, 15) is 45.6 Å². The van der Waals surface area contributed by atoms with Crippen molar-refractivity contribution in [3.8, 4) is 0 Å². The van der Waals surface area contributed by atoms with Crippen LogP contribution in [0.15, 0.2) is 48.6 Å². The molecule has 480 valence electrons. The minimum Gasteiger partial charge on any atom is -0.394 e. The van der Waals surface area contributed by atoms with E-state index < -0.39 is 86.8 Å². The zero-order valence-corrected chi connectivity index (χ0v) is 52.0. The van der Waals surface area contributed by atoms with E-state index >= 15 is 0 Å². The predicted octanol–water partition coefficient (Wildman–Crippen LogP) is 13.1. The predicted molar refractivity (Wildman–Crippen MR) is 332 cm³/mol. The first-order chi connectivity index (χ1) is 40.1. The van der Waals surface area contributed by atoms with Gasteiger partial charge in [0.05, 0.1) is 32.0 Å². The van der Waals surface area contributed by atoms with Crippen LogP contribution in [0, 0.1) is 0 Å².